The molecular formula is C23H26N4O. The lowest BCUT2D eigenvalue weighted by Crippen LogP contribution is -2.17. The van der Waals surface area contributed by atoms with Gasteiger partial charge in [0.15, 0.2) is 0 Å². The Kier molecular flexibility index (Phi) is 6.04. The molecule has 144 valence electrons. The van der Waals surface area contributed by atoms with Gasteiger partial charge < -0.3 is 10.6 Å². The van der Waals surface area contributed by atoms with E-state index in [-0.39, 0.29) is 5.91 Å². The number of aromatic nitrogens is 2. The van der Waals surface area contributed by atoms with Crippen molar-refractivity contribution in [3.05, 3.63) is 82.8 Å². The SMILES string of the molecule is Cc1ccccc1CNc1cnc(C(=O)Nc2c(C)cccc2C(C)C)cn1. The Labute approximate surface area is 166 Å². The Bertz CT molecular complexity index is 965. The molecule has 0 radical (unpaired) electrons. The van der Waals surface area contributed by atoms with Crippen LogP contribution in [-0.4, -0.2) is 15.9 Å². The highest BCUT2D eigenvalue weighted by atomic mass is 16.1. The molecule has 0 fully saturated rings. The van der Waals surface area contributed by atoms with Crippen LogP contribution in [0.5, 0.6) is 0 Å². The number of aryl methyl sites for hydroxylation is 2. The summed E-state index contributed by atoms with van der Waals surface area (Å²) in [6.07, 6.45) is 3.09. The topological polar surface area (TPSA) is 66.9 Å². The Morgan fingerprint density at radius 3 is 2.39 bits per heavy atom. The van der Waals surface area contributed by atoms with Crippen molar-refractivity contribution in [1.82, 2.24) is 9.97 Å². The highest BCUT2D eigenvalue weighted by Gasteiger charge is 2.14. The lowest BCUT2D eigenvalue weighted by Gasteiger charge is -2.16. The van der Waals surface area contributed by atoms with E-state index in [4.69, 9.17) is 0 Å². The second-order valence-corrected chi connectivity index (χ2v) is 7.21. The summed E-state index contributed by atoms with van der Waals surface area (Å²) >= 11 is 0. The third-order valence-electron chi connectivity index (χ3n) is 4.77. The van der Waals surface area contributed by atoms with E-state index in [9.17, 15) is 4.79 Å². The van der Waals surface area contributed by atoms with E-state index in [1.165, 1.54) is 17.3 Å². The lowest BCUT2D eigenvalue weighted by molar-refractivity contribution is 0.102. The van der Waals surface area contributed by atoms with Crippen molar-refractivity contribution in [3.63, 3.8) is 0 Å². The maximum absolute atomic E-state index is 12.6. The highest BCUT2D eigenvalue weighted by molar-refractivity contribution is 6.03. The number of carbonyl (C=O) groups is 1. The summed E-state index contributed by atoms with van der Waals surface area (Å²) in [4.78, 5) is 21.3. The van der Waals surface area contributed by atoms with E-state index in [1.807, 2.05) is 37.3 Å². The molecule has 2 N–H and O–H groups in total. The first kappa shape index (κ1) is 19.5. The monoisotopic (exact) mass is 374 g/mol. The molecule has 0 aliphatic carbocycles. The molecule has 1 aromatic heterocycles. The average Bonchev–Trinajstić information content (AvgIpc) is 2.69. The van der Waals surface area contributed by atoms with Crippen molar-refractivity contribution in [2.24, 2.45) is 0 Å². The Balaban J connectivity index is 1.68. The standard InChI is InChI=1S/C23H26N4O/c1-15(2)19-11-7-9-17(4)22(19)27-23(28)20-13-26-21(14-24-20)25-12-18-10-6-5-8-16(18)3/h5-11,13-15H,12H2,1-4H3,(H,25,26)(H,27,28). The van der Waals surface area contributed by atoms with Crippen LogP contribution >= 0.6 is 0 Å². The van der Waals surface area contributed by atoms with Crippen molar-refractivity contribution >= 4 is 17.4 Å². The molecule has 2 aromatic carbocycles. The van der Waals surface area contributed by atoms with Gasteiger partial charge in [0.1, 0.15) is 11.5 Å². The normalized spacial score (nSPS) is 10.8. The number of para-hydroxylation sites is 1. The van der Waals surface area contributed by atoms with Gasteiger partial charge in [-0.05, 0) is 42.0 Å². The van der Waals surface area contributed by atoms with Gasteiger partial charge in [0.25, 0.3) is 5.91 Å². The number of rotatable bonds is 6. The summed E-state index contributed by atoms with van der Waals surface area (Å²) in [7, 11) is 0. The summed E-state index contributed by atoms with van der Waals surface area (Å²) < 4.78 is 0. The van der Waals surface area contributed by atoms with Gasteiger partial charge in [0.2, 0.25) is 0 Å². The van der Waals surface area contributed by atoms with Crippen LogP contribution < -0.4 is 10.6 Å². The van der Waals surface area contributed by atoms with Crippen molar-refractivity contribution < 1.29 is 4.79 Å². The highest BCUT2D eigenvalue weighted by Crippen LogP contribution is 2.27. The van der Waals surface area contributed by atoms with E-state index in [2.05, 4.69) is 53.5 Å². The van der Waals surface area contributed by atoms with Gasteiger partial charge in [0, 0.05) is 12.2 Å². The maximum atomic E-state index is 12.6. The lowest BCUT2D eigenvalue weighted by atomic mass is 9.98. The fourth-order valence-corrected chi connectivity index (χ4v) is 3.05. The number of nitrogens with one attached hydrogen (secondary N) is 2. The van der Waals surface area contributed by atoms with Gasteiger partial charge in [-0.1, -0.05) is 56.3 Å². The summed E-state index contributed by atoms with van der Waals surface area (Å²) in [5, 5.41) is 6.24. The molecule has 0 unspecified atom stereocenters. The molecule has 1 heterocycles. The number of hydrogen-bond acceptors (Lipinski definition) is 4. The molecule has 28 heavy (non-hydrogen) atoms. The van der Waals surface area contributed by atoms with E-state index in [0.717, 1.165) is 16.8 Å². The van der Waals surface area contributed by atoms with Gasteiger partial charge in [-0.15, -0.1) is 0 Å². The molecular weight excluding hydrogens is 348 g/mol. The van der Waals surface area contributed by atoms with Crippen molar-refractivity contribution in [3.8, 4) is 0 Å². The molecule has 3 rings (SSSR count). The molecule has 0 bridgehead atoms. The van der Waals surface area contributed by atoms with E-state index < -0.39 is 0 Å². The Morgan fingerprint density at radius 2 is 1.71 bits per heavy atom. The molecule has 5 heteroatoms. The molecule has 3 aromatic rings. The summed E-state index contributed by atoms with van der Waals surface area (Å²) in [6.45, 7) is 8.95. The van der Waals surface area contributed by atoms with Crippen LogP contribution in [0.1, 0.15) is 52.5 Å². The van der Waals surface area contributed by atoms with Crippen LogP contribution in [0.3, 0.4) is 0 Å². The van der Waals surface area contributed by atoms with Crippen LogP contribution in [0.15, 0.2) is 54.9 Å². The smallest absolute Gasteiger partial charge is 0.275 e. The van der Waals surface area contributed by atoms with Gasteiger partial charge in [-0.2, -0.15) is 0 Å². The molecule has 0 aliphatic heterocycles. The van der Waals surface area contributed by atoms with E-state index in [1.54, 1.807) is 6.20 Å². The Morgan fingerprint density at radius 1 is 0.964 bits per heavy atom. The predicted octanol–water partition coefficient (Wildman–Crippen LogP) is 5.08. The largest absolute Gasteiger partial charge is 0.365 e. The summed E-state index contributed by atoms with van der Waals surface area (Å²) in [6, 6.07) is 14.2. The molecule has 1 amide bonds. The number of nitrogens with zero attached hydrogens (tertiary/aromatic N) is 2. The summed E-state index contributed by atoms with van der Waals surface area (Å²) in [5.41, 5.74) is 5.71. The minimum absolute atomic E-state index is 0.255. The molecule has 5 nitrogen and oxygen atoms in total. The fourth-order valence-electron chi connectivity index (χ4n) is 3.05. The van der Waals surface area contributed by atoms with Gasteiger partial charge in [0.05, 0.1) is 12.4 Å². The third kappa shape index (κ3) is 4.55. The van der Waals surface area contributed by atoms with Crippen molar-refractivity contribution in [2.75, 3.05) is 10.6 Å². The zero-order valence-corrected chi connectivity index (χ0v) is 16.8. The van der Waals surface area contributed by atoms with Crippen molar-refractivity contribution in [1.29, 1.82) is 0 Å². The first-order valence-corrected chi connectivity index (χ1v) is 9.47. The first-order valence-electron chi connectivity index (χ1n) is 9.47. The van der Waals surface area contributed by atoms with Crippen LogP contribution in [-0.2, 0) is 6.54 Å². The zero-order chi connectivity index (χ0) is 20.1. The number of amides is 1. The first-order chi connectivity index (χ1) is 13.5. The van der Waals surface area contributed by atoms with E-state index in [0.29, 0.717) is 24.0 Å². The summed E-state index contributed by atoms with van der Waals surface area (Å²) in [5.74, 6) is 0.696. The molecule has 0 spiro atoms. The average molecular weight is 374 g/mol. The van der Waals surface area contributed by atoms with E-state index >= 15 is 0 Å². The van der Waals surface area contributed by atoms with Crippen LogP contribution in [0.25, 0.3) is 0 Å². The minimum Gasteiger partial charge on any atom is -0.365 e. The minimum atomic E-state index is -0.255. The molecule has 0 saturated heterocycles. The van der Waals surface area contributed by atoms with Crippen LogP contribution in [0, 0.1) is 13.8 Å². The molecule has 0 atom stereocenters. The third-order valence-corrected chi connectivity index (χ3v) is 4.77. The fraction of sp³-hybridized carbons (Fsp3) is 0.261. The van der Waals surface area contributed by atoms with Gasteiger partial charge in [-0.25, -0.2) is 9.97 Å². The number of anilines is 2. The Hall–Kier alpha value is -3.21. The molecule has 0 aliphatic rings. The number of carbonyl (C=O) groups excluding carboxylic acids is 1. The number of benzene rings is 2. The quantitative estimate of drug-likeness (QED) is 0.631. The van der Waals surface area contributed by atoms with Gasteiger partial charge in [-0.3, -0.25) is 4.79 Å². The van der Waals surface area contributed by atoms with Gasteiger partial charge >= 0.3 is 0 Å². The predicted molar refractivity (Wildman–Crippen MR) is 114 cm³/mol. The second kappa shape index (κ2) is 8.65. The second-order valence-electron chi connectivity index (χ2n) is 7.21. The maximum Gasteiger partial charge on any atom is 0.275 e. The van der Waals surface area contributed by atoms with Crippen LogP contribution in [0.2, 0.25) is 0 Å². The van der Waals surface area contributed by atoms with Crippen molar-refractivity contribution in [2.45, 2.75) is 40.2 Å². The van der Waals surface area contributed by atoms with Crippen LogP contribution in [0.4, 0.5) is 11.5 Å². The number of hydrogen-bond donors (Lipinski definition) is 2. The molecule has 0 saturated carbocycles. The zero-order valence-electron chi connectivity index (χ0n) is 16.8.